The van der Waals surface area contributed by atoms with Crippen LogP contribution in [-0.2, 0) is 22.1 Å². The maximum absolute atomic E-state index is 11.3. The van der Waals surface area contributed by atoms with Crippen molar-refractivity contribution in [3.8, 4) is 0 Å². The van der Waals surface area contributed by atoms with E-state index in [4.69, 9.17) is 0 Å². The molecule has 0 radical (unpaired) electrons. The molecule has 5 nitrogen and oxygen atoms in total. The molecule has 0 aliphatic heterocycles. The first-order valence-corrected chi connectivity index (χ1v) is 9.70. The van der Waals surface area contributed by atoms with Gasteiger partial charge in [-0.15, -0.1) is 24.0 Å². The molecule has 0 heterocycles. The fourth-order valence-electron chi connectivity index (χ4n) is 2.04. The smallest absolute Gasteiger partial charge is 0.191 e. The van der Waals surface area contributed by atoms with Gasteiger partial charge in [-0.3, -0.25) is 4.99 Å². The van der Waals surface area contributed by atoms with Gasteiger partial charge in [0.1, 0.15) is 0 Å². The SMILES string of the molecule is CCCCCNC(=NC)NCc1ccc(CS(C)(=O)=O)cc1.I. The van der Waals surface area contributed by atoms with E-state index in [1.54, 1.807) is 7.05 Å². The topological polar surface area (TPSA) is 70.6 Å². The molecule has 0 aliphatic rings. The Balaban J connectivity index is 0.00000484. The average Bonchev–Trinajstić information content (AvgIpc) is 2.46. The molecule has 0 atom stereocenters. The van der Waals surface area contributed by atoms with Gasteiger partial charge in [0.25, 0.3) is 0 Å². The molecule has 0 fully saturated rings. The molecule has 7 heteroatoms. The van der Waals surface area contributed by atoms with E-state index in [1.165, 1.54) is 19.1 Å². The molecule has 0 unspecified atom stereocenters. The summed E-state index contributed by atoms with van der Waals surface area (Å²) in [6, 6.07) is 7.60. The molecule has 0 bridgehead atoms. The molecular formula is C16H28IN3O2S. The summed E-state index contributed by atoms with van der Waals surface area (Å²) in [5, 5.41) is 6.53. The van der Waals surface area contributed by atoms with Crippen LogP contribution in [0.3, 0.4) is 0 Å². The van der Waals surface area contributed by atoms with Gasteiger partial charge in [-0.2, -0.15) is 0 Å². The Labute approximate surface area is 157 Å². The van der Waals surface area contributed by atoms with E-state index in [-0.39, 0.29) is 29.7 Å². The molecule has 1 aromatic rings. The summed E-state index contributed by atoms with van der Waals surface area (Å²) in [6.45, 7) is 3.76. The van der Waals surface area contributed by atoms with E-state index in [0.717, 1.165) is 30.1 Å². The van der Waals surface area contributed by atoms with Crippen molar-refractivity contribution in [2.45, 2.75) is 38.5 Å². The first-order chi connectivity index (χ1) is 10.4. The summed E-state index contributed by atoms with van der Waals surface area (Å²) in [6.07, 6.45) is 4.80. The second-order valence-electron chi connectivity index (χ2n) is 5.45. The van der Waals surface area contributed by atoms with E-state index in [0.29, 0.717) is 6.54 Å². The van der Waals surface area contributed by atoms with Gasteiger partial charge in [-0.05, 0) is 17.5 Å². The zero-order valence-electron chi connectivity index (χ0n) is 14.1. The van der Waals surface area contributed by atoms with Crippen LogP contribution in [0.15, 0.2) is 29.3 Å². The number of nitrogens with zero attached hydrogens (tertiary/aromatic N) is 1. The fraction of sp³-hybridized carbons (Fsp3) is 0.562. The number of rotatable bonds is 8. The van der Waals surface area contributed by atoms with Gasteiger partial charge in [0, 0.05) is 26.4 Å². The van der Waals surface area contributed by atoms with E-state index >= 15 is 0 Å². The maximum Gasteiger partial charge on any atom is 0.191 e. The molecule has 0 amide bonds. The molecule has 132 valence electrons. The lowest BCUT2D eigenvalue weighted by atomic mass is 10.1. The molecular weight excluding hydrogens is 425 g/mol. The maximum atomic E-state index is 11.3. The second-order valence-corrected chi connectivity index (χ2v) is 7.59. The molecule has 2 N–H and O–H groups in total. The summed E-state index contributed by atoms with van der Waals surface area (Å²) in [5.41, 5.74) is 1.90. The zero-order valence-corrected chi connectivity index (χ0v) is 17.3. The lowest BCUT2D eigenvalue weighted by molar-refractivity contribution is 0.601. The van der Waals surface area contributed by atoms with E-state index < -0.39 is 9.84 Å². The van der Waals surface area contributed by atoms with Gasteiger partial charge in [0.2, 0.25) is 0 Å². The van der Waals surface area contributed by atoms with Crippen LogP contribution in [0.25, 0.3) is 0 Å². The van der Waals surface area contributed by atoms with Crippen LogP contribution in [-0.4, -0.2) is 34.2 Å². The molecule has 0 saturated heterocycles. The van der Waals surface area contributed by atoms with Crippen LogP contribution >= 0.6 is 24.0 Å². The first-order valence-electron chi connectivity index (χ1n) is 7.64. The zero-order chi connectivity index (χ0) is 16.4. The minimum Gasteiger partial charge on any atom is -0.356 e. The van der Waals surface area contributed by atoms with Gasteiger partial charge >= 0.3 is 0 Å². The molecule has 23 heavy (non-hydrogen) atoms. The largest absolute Gasteiger partial charge is 0.356 e. The van der Waals surface area contributed by atoms with Crippen LogP contribution < -0.4 is 10.6 Å². The summed E-state index contributed by atoms with van der Waals surface area (Å²) >= 11 is 0. The highest BCUT2D eigenvalue weighted by molar-refractivity contribution is 14.0. The molecule has 0 aromatic heterocycles. The summed E-state index contributed by atoms with van der Waals surface area (Å²) in [7, 11) is -1.23. The van der Waals surface area contributed by atoms with Crippen molar-refractivity contribution in [2.75, 3.05) is 19.8 Å². The summed E-state index contributed by atoms with van der Waals surface area (Å²) < 4.78 is 22.5. The number of sulfone groups is 1. The summed E-state index contributed by atoms with van der Waals surface area (Å²) in [5.74, 6) is 0.873. The van der Waals surface area contributed by atoms with Crippen molar-refractivity contribution < 1.29 is 8.42 Å². The fourth-order valence-corrected chi connectivity index (χ4v) is 2.84. The van der Waals surface area contributed by atoms with Crippen molar-refractivity contribution in [1.82, 2.24) is 10.6 Å². The van der Waals surface area contributed by atoms with Crippen LogP contribution in [0.5, 0.6) is 0 Å². The van der Waals surface area contributed by atoms with Gasteiger partial charge in [0.15, 0.2) is 15.8 Å². The lowest BCUT2D eigenvalue weighted by Gasteiger charge is -2.12. The molecule has 0 saturated carbocycles. The highest BCUT2D eigenvalue weighted by atomic mass is 127. The number of hydrogen-bond donors (Lipinski definition) is 2. The van der Waals surface area contributed by atoms with Crippen molar-refractivity contribution in [3.05, 3.63) is 35.4 Å². The third kappa shape index (κ3) is 10.5. The molecule has 0 spiro atoms. The number of hydrogen-bond acceptors (Lipinski definition) is 3. The Morgan fingerprint density at radius 3 is 2.22 bits per heavy atom. The number of aliphatic imine (C=N–C) groups is 1. The van der Waals surface area contributed by atoms with Crippen LogP contribution in [0.4, 0.5) is 0 Å². The van der Waals surface area contributed by atoms with E-state index in [9.17, 15) is 8.42 Å². The van der Waals surface area contributed by atoms with E-state index in [2.05, 4.69) is 22.5 Å². The number of unbranched alkanes of at least 4 members (excludes halogenated alkanes) is 2. The quantitative estimate of drug-likeness (QED) is 0.275. The van der Waals surface area contributed by atoms with Gasteiger partial charge in [0.05, 0.1) is 5.75 Å². The van der Waals surface area contributed by atoms with Crippen molar-refractivity contribution in [3.63, 3.8) is 0 Å². The Bertz CT molecular complexity index is 571. The first kappa shape index (κ1) is 22.2. The second kappa shape index (κ2) is 11.7. The molecule has 0 aliphatic carbocycles. The van der Waals surface area contributed by atoms with Gasteiger partial charge in [-0.1, -0.05) is 44.0 Å². The number of halogens is 1. The van der Waals surface area contributed by atoms with Crippen LogP contribution in [0.1, 0.15) is 37.3 Å². The van der Waals surface area contributed by atoms with E-state index in [1.807, 2.05) is 24.3 Å². The third-order valence-electron chi connectivity index (χ3n) is 3.21. The third-order valence-corrected chi connectivity index (χ3v) is 4.07. The van der Waals surface area contributed by atoms with Crippen LogP contribution in [0, 0.1) is 0 Å². The van der Waals surface area contributed by atoms with Crippen LogP contribution in [0.2, 0.25) is 0 Å². The van der Waals surface area contributed by atoms with Crippen molar-refractivity contribution in [1.29, 1.82) is 0 Å². The lowest BCUT2D eigenvalue weighted by Crippen LogP contribution is -2.37. The number of nitrogens with one attached hydrogen (secondary N) is 2. The Morgan fingerprint density at radius 1 is 1.09 bits per heavy atom. The van der Waals surface area contributed by atoms with Crippen molar-refractivity contribution in [2.24, 2.45) is 4.99 Å². The minimum absolute atomic E-state index is 0. The highest BCUT2D eigenvalue weighted by Crippen LogP contribution is 2.07. The monoisotopic (exact) mass is 453 g/mol. The summed E-state index contributed by atoms with van der Waals surface area (Å²) in [4.78, 5) is 4.18. The minimum atomic E-state index is -2.98. The Kier molecular flexibility index (Phi) is 11.2. The predicted molar refractivity (Wildman–Crippen MR) is 108 cm³/mol. The number of guanidine groups is 1. The average molecular weight is 453 g/mol. The Hall–Kier alpha value is -0.830. The molecule has 1 aromatic carbocycles. The van der Waals surface area contributed by atoms with Gasteiger partial charge in [-0.25, -0.2) is 8.42 Å². The molecule has 1 rings (SSSR count). The normalized spacial score (nSPS) is 11.7. The standard InChI is InChI=1S/C16H27N3O2S.HI/c1-4-5-6-11-18-16(17-2)19-12-14-7-9-15(10-8-14)13-22(3,20)21;/h7-10H,4-6,11-13H2,1-3H3,(H2,17,18,19);1H. The predicted octanol–water partition coefficient (Wildman–Crippen LogP) is 2.70. The van der Waals surface area contributed by atoms with Gasteiger partial charge < -0.3 is 10.6 Å². The van der Waals surface area contributed by atoms with Crippen molar-refractivity contribution >= 4 is 39.8 Å². The Morgan fingerprint density at radius 2 is 1.70 bits per heavy atom. The highest BCUT2D eigenvalue weighted by Gasteiger charge is 2.04. The number of benzene rings is 1.